The SMILES string of the molecule is COCCOC(=O)NC(=N)c1ccc(C(=O)NC(CO)C(=O)c2ccc(OCC(=O)O)cc2)cc1. The number of aliphatic carboxylic acids is 1. The van der Waals surface area contributed by atoms with Crippen molar-refractivity contribution in [1.29, 1.82) is 5.41 Å². The normalized spacial score (nSPS) is 11.1. The summed E-state index contributed by atoms with van der Waals surface area (Å²) in [5.41, 5.74) is 0.650. The molecular weight excluding hydrogens is 462 g/mol. The van der Waals surface area contributed by atoms with Crippen LogP contribution < -0.4 is 15.4 Å². The van der Waals surface area contributed by atoms with Gasteiger partial charge in [-0.25, -0.2) is 9.59 Å². The Morgan fingerprint density at radius 1 is 0.943 bits per heavy atom. The minimum absolute atomic E-state index is 0.0299. The number of carboxylic acid groups (broad SMARTS) is 1. The quantitative estimate of drug-likeness (QED) is 0.125. The van der Waals surface area contributed by atoms with Crippen molar-refractivity contribution in [2.75, 3.05) is 33.5 Å². The second-order valence-corrected chi connectivity index (χ2v) is 6.99. The molecule has 0 heterocycles. The van der Waals surface area contributed by atoms with E-state index in [1.54, 1.807) is 0 Å². The van der Waals surface area contributed by atoms with Crippen LogP contribution in [0.2, 0.25) is 0 Å². The molecule has 35 heavy (non-hydrogen) atoms. The van der Waals surface area contributed by atoms with Gasteiger partial charge in [0.15, 0.2) is 12.4 Å². The number of amides is 2. The highest BCUT2D eigenvalue weighted by atomic mass is 16.6. The standard InChI is InChI=1S/C23H25N3O9/c1-33-10-11-34-23(32)26-21(24)15-2-4-16(5-3-15)22(31)25-18(12-27)20(30)14-6-8-17(9-7-14)35-13-19(28)29/h2-9,18,27H,10-13H2,1H3,(H,25,31)(H,28,29)(H2,24,26,32). The van der Waals surface area contributed by atoms with Crippen molar-refractivity contribution in [1.82, 2.24) is 10.6 Å². The van der Waals surface area contributed by atoms with E-state index in [4.69, 9.17) is 24.7 Å². The van der Waals surface area contributed by atoms with Crippen molar-refractivity contribution >= 4 is 29.6 Å². The smallest absolute Gasteiger partial charge is 0.412 e. The molecule has 0 bridgehead atoms. The number of nitrogens with one attached hydrogen (secondary N) is 3. The molecule has 0 fully saturated rings. The second kappa shape index (κ2) is 13.4. The van der Waals surface area contributed by atoms with E-state index in [0.29, 0.717) is 5.56 Å². The molecular formula is C23H25N3O9. The first-order chi connectivity index (χ1) is 16.7. The van der Waals surface area contributed by atoms with Crippen LogP contribution in [-0.4, -0.2) is 79.4 Å². The van der Waals surface area contributed by atoms with Gasteiger partial charge in [0, 0.05) is 23.8 Å². The Morgan fingerprint density at radius 3 is 2.11 bits per heavy atom. The van der Waals surface area contributed by atoms with E-state index in [9.17, 15) is 24.3 Å². The predicted octanol–water partition coefficient (Wildman–Crippen LogP) is 0.822. The maximum absolute atomic E-state index is 12.7. The van der Waals surface area contributed by atoms with Crippen LogP contribution in [0.1, 0.15) is 26.3 Å². The lowest BCUT2D eigenvalue weighted by atomic mass is 10.0. The molecule has 1 unspecified atom stereocenters. The molecule has 0 aromatic heterocycles. The summed E-state index contributed by atoms with van der Waals surface area (Å²) in [6.45, 7) is -0.939. The summed E-state index contributed by atoms with van der Waals surface area (Å²) >= 11 is 0. The van der Waals surface area contributed by atoms with Crippen LogP contribution in [0.15, 0.2) is 48.5 Å². The van der Waals surface area contributed by atoms with Gasteiger partial charge in [-0.3, -0.25) is 20.3 Å². The van der Waals surface area contributed by atoms with Crippen molar-refractivity contribution in [2.24, 2.45) is 0 Å². The zero-order valence-corrected chi connectivity index (χ0v) is 18.8. The molecule has 2 aromatic carbocycles. The van der Waals surface area contributed by atoms with Crippen LogP contribution in [0.3, 0.4) is 0 Å². The molecule has 2 rings (SSSR count). The zero-order chi connectivity index (χ0) is 25.8. The lowest BCUT2D eigenvalue weighted by molar-refractivity contribution is -0.139. The van der Waals surface area contributed by atoms with Gasteiger partial charge in [0.05, 0.1) is 13.2 Å². The lowest BCUT2D eigenvalue weighted by Gasteiger charge is -2.16. The molecule has 0 saturated carbocycles. The Labute approximate surface area is 200 Å². The third-order valence-electron chi connectivity index (χ3n) is 4.49. The molecule has 0 aliphatic carbocycles. The number of rotatable bonds is 12. The fourth-order valence-corrected chi connectivity index (χ4v) is 2.71. The highest BCUT2D eigenvalue weighted by Gasteiger charge is 2.22. The average molecular weight is 487 g/mol. The first kappa shape index (κ1) is 27.0. The Bertz CT molecular complexity index is 1050. The number of aliphatic hydroxyl groups excluding tert-OH is 1. The minimum atomic E-state index is -1.23. The van der Waals surface area contributed by atoms with E-state index in [2.05, 4.69) is 10.6 Å². The maximum Gasteiger partial charge on any atom is 0.412 e. The van der Waals surface area contributed by atoms with E-state index < -0.39 is 43.0 Å². The van der Waals surface area contributed by atoms with Gasteiger partial charge in [-0.1, -0.05) is 12.1 Å². The van der Waals surface area contributed by atoms with Gasteiger partial charge in [0.1, 0.15) is 24.2 Å². The second-order valence-electron chi connectivity index (χ2n) is 6.99. The molecule has 0 aliphatic rings. The number of benzene rings is 2. The predicted molar refractivity (Wildman–Crippen MR) is 122 cm³/mol. The van der Waals surface area contributed by atoms with Crippen LogP contribution >= 0.6 is 0 Å². The van der Waals surface area contributed by atoms with Crippen molar-refractivity contribution < 1.29 is 43.6 Å². The number of carbonyl (C=O) groups is 4. The molecule has 12 nitrogen and oxygen atoms in total. The topological polar surface area (TPSA) is 184 Å². The molecule has 186 valence electrons. The Kier molecular flexibility index (Phi) is 10.3. The molecule has 1 atom stereocenters. The highest BCUT2D eigenvalue weighted by molar-refractivity contribution is 6.06. The van der Waals surface area contributed by atoms with Gasteiger partial charge in [0.2, 0.25) is 0 Å². The van der Waals surface area contributed by atoms with Crippen molar-refractivity contribution in [2.45, 2.75) is 6.04 Å². The number of aliphatic hydroxyl groups is 1. The van der Waals surface area contributed by atoms with Crippen LogP contribution in [0.4, 0.5) is 4.79 Å². The van der Waals surface area contributed by atoms with Gasteiger partial charge < -0.3 is 29.7 Å². The lowest BCUT2D eigenvalue weighted by Crippen LogP contribution is -2.43. The van der Waals surface area contributed by atoms with E-state index in [0.717, 1.165) is 0 Å². The number of carbonyl (C=O) groups excluding carboxylic acids is 3. The number of amidine groups is 1. The molecule has 0 saturated heterocycles. The van der Waals surface area contributed by atoms with Crippen molar-refractivity contribution in [3.63, 3.8) is 0 Å². The molecule has 12 heteroatoms. The zero-order valence-electron chi connectivity index (χ0n) is 18.8. The van der Waals surface area contributed by atoms with E-state index in [1.165, 1.54) is 55.6 Å². The Morgan fingerprint density at radius 2 is 1.54 bits per heavy atom. The Balaban J connectivity index is 1.96. The van der Waals surface area contributed by atoms with Crippen LogP contribution in [0.25, 0.3) is 0 Å². The van der Waals surface area contributed by atoms with Gasteiger partial charge in [-0.15, -0.1) is 0 Å². The van der Waals surface area contributed by atoms with E-state index >= 15 is 0 Å². The summed E-state index contributed by atoms with van der Waals surface area (Å²) in [6, 6.07) is 10.0. The summed E-state index contributed by atoms with van der Waals surface area (Å²) in [7, 11) is 1.46. The number of hydrogen-bond donors (Lipinski definition) is 5. The summed E-state index contributed by atoms with van der Waals surface area (Å²) < 4.78 is 14.6. The minimum Gasteiger partial charge on any atom is -0.482 e. The number of ether oxygens (including phenoxy) is 3. The van der Waals surface area contributed by atoms with Gasteiger partial charge in [-0.2, -0.15) is 0 Å². The van der Waals surface area contributed by atoms with E-state index in [-0.39, 0.29) is 35.9 Å². The largest absolute Gasteiger partial charge is 0.482 e. The molecule has 5 N–H and O–H groups in total. The molecule has 0 radical (unpaired) electrons. The number of carboxylic acids is 1. The average Bonchev–Trinajstić information content (AvgIpc) is 2.86. The first-order valence-electron chi connectivity index (χ1n) is 10.3. The van der Waals surface area contributed by atoms with E-state index in [1.807, 2.05) is 0 Å². The fraction of sp³-hybridized carbons (Fsp3) is 0.261. The first-order valence-corrected chi connectivity index (χ1v) is 10.3. The summed E-state index contributed by atoms with van der Waals surface area (Å²) in [5.74, 6) is -2.32. The molecule has 2 amide bonds. The van der Waals surface area contributed by atoms with Crippen LogP contribution in [0.5, 0.6) is 5.75 Å². The Hall–Kier alpha value is -4.29. The number of ketones is 1. The summed E-state index contributed by atoms with van der Waals surface area (Å²) in [5, 5.41) is 30.9. The number of hydrogen-bond acceptors (Lipinski definition) is 9. The third kappa shape index (κ3) is 8.53. The number of alkyl carbamates (subject to hydrolysis) is 1. The van der Waals surface area contributed by atoms with Gasteiger partial charge in [0.25, 0.3) is 5.91 Å². The monoisotopic (exact) mass is 487 g/mol. The summed E-state index contributed by atoms with van der Waals surface area (Å²) in [4.78, 5) is 47.4. The van der Waals surface area contributed by atoms with Gasteiger partial charge >= 0.3 is 12.1 Å². The summed E-state index contributed by atoms with van der Waals surface area (Å²) in [6.07, 6.45) is -0.820. The van der Waals surface area contributed by atoms with Crippen LogP contribution in [0, 0.1) is 5.41 Å². The fourth-order valence-electron chi connectivity index (χ4n) is 2.71. The molecule has 0 aliphatic heterocycles. The highest BCUT2D eigenvalue weighted by Crippen LogP contribution is 2.14. The number of methoxy groups -OCH3 is 1. The van der Waals surface area contributed by atoms with Crippen molar-refractivity contribution in [3.05, 3.63) is 65.2 Å². The third-order valence-corrected chi connectivity index (χ3v) is 4.49. The maximum atomic E-state index is 12.7. The van der Waals surface area contributed by atoms with Crippen molar-refractivity contribution in [3.8, 4) is 5.75 Å². The molecule has 0 spiro atoms. The van der Waals surface area contributed by atoms with Crippen LogP contribution in [-0.2, 0) is 14.3 Å². The van der Waals surface area contributed by atoms with Gasteiger partial charge in [-0.05, 0) is 36.4 Å². The number of Topliss-reactive ketones (excluding diaryl/α,β-unsaturated/α-hetero) is 1. The molecule has 2 aromatic rings.